The average Bonchev–Trinajstić information content (AvgIpc) is 3.22. The lowest BCUT2D eigenvalue weighted by Crippen LogP contribution is -2.42. The number of thioether (sulfide) groups is 1. The van der Waals surface area contributed by atoms with Crippen LogP contribution in [0.1, 0.15) is 12.5 Å². The molecule has 11 heteroatoms. The van der Waals surface area contributed by atoms with Gasteiger partial charge in [-0.1, -0.05) is 60.4 Å². The molecular formula is C20H18N6O3S2. The predicted molar refractivity (Wildman–Crippen MR) is 121 cm³/mol. The van der Waals surface area contributed by atoms with Gasteiger partial charge in [0.25, 0.3) is 5.56 Å². The minimum Gasteiger partial charge on any atom is -0.299 e. The molecule has 1 aromatic carbocycles. The first-order valence-corrected chi connectivity index (χ1v) is 11.3. The Morgan fingerprint density at radius 1 is 1.10 bits per heavy atom. The topological polar surface area (TPSA) is 112 Å². The minimum absolute atomic E-state index is 0.0840. The number of rotatable bonds is 7. The van der Waals surface area contributed by atoms with Gasteiger partial charge in [-0.15, -0.1) is 10.2 Å². The average molecular weight is 455 g/mol. The van der Waals surface area contributed by atoms with E-state index in [2.05, 4.69) is 20.5 Å². The summed E-state index contributed by atoms with van der Waals surface area (Å²) in [7, 11) is 0. The Morgan fingerprint density at radius 3 is 2.68 bits per heavy atom. The first-order chi connectivity index (χ1) is 15.1. The fourth-order valence-electron chi connectivity index (χ4n) is 3.05. The monoisotopic (exact) mass is 454 g/mol. The van der Waals surface area contributed by atoms with Crippen molar-refractivity contribution < 1.29 is 4.79 Å². The zero-order valence-electron chi connectivity index (χ0n) is 16.5. The quantitative estimate of drug-likeness (QED) is 0.337. The summed E-state index contributed by atoms with van der Waals surface area (Å²) >= 11 is 2.79. The van der Waals surface area contributed by atoms with Gasteiger partial charge in [-0.25, -0.2) is 9.78 Å². The second-order valence-corrected chi connectivity index (χ2v) is 8.96. The zero-order chi connectivity index (χ0) is 21.8. The van der Waals surface area contributed by atoms with Crippen LogP contribution in [-0.4, -0.2) is 36.0 Å². The Hall–Kier alpha value is -3.31. The number of nitrogens with zero attached hydrogens (tertiary/aromatic N) is 5. The summed E-state index contributed by atoms with van der Waals surface area (Å²) in [4.78, 5) is 42.9. The molecule has 1 N–H and O–H groups in total. The number of fused-ring (bicyclic) bond motifs is 1. The summed E-state index contributed by atoms with van der Waals surface area (Å²) in [5.74, 6) is 0.404. The van der Waals surface area contributed by atoms with Gasteiger partial charge in [0.05, 0.1) is 12.1 Å². The molecule has 9 nitrogen and oxygen atoms in total. The maximum absolute atomic E-state index is 13.2. The minimum atomic E-state index is -0.580. The SMILES string of the molecule is CCSc1nnc(NC(=O)Cn2c(=O)n(Cc3ccccc3)c(=O)c3ncccc32)s1. The maximum atomic E-state index is 13.2. The van der Waals surface area contributed by atoms with Crippen molar-refractivity contribution in [3.8, 4) is 0 Å². The highest BCUT2D eigenvalue weighted by atomic mass is 32.2. The predicted octanol–water partition coefficient (Wildman–Crippen LogP) is 2.21. The van der Waals surface area contributed by atoms with E-state index >= 15 is 0 Å². The molecule has 0 unspecified atom stereocenters. The van der Waals surface area contributed by atoms with Gasteiger partial charge in [-0.05, 0) is 23.4 Å². The van der Waals surface area contributed by atoms with Crippen LogP contribution in [0, 0.1) is 0 Å². The summed E-state index contributed by atoms with van der Waals surface area (Å²) in [5, 5.41) is 11.0. The van der Waals surface area contributed by atoms with E-state index in [-0.39, 0.29) is 18.6 Å². The second kappa shape index (κ2) is 9.23. The van der Waals surface area contributed by atoms with Crippen LogP contribution in [0.15, 0.2) is 62.6 Å². The third-order valence-corrected chi connectivity index (χ3v) is 6.25. The number of amides is 1. The van der Waals surface area contributed by atoms with Crippen LogP contribution in [-0.2, 0) is 17.9 Å². The molecule has 3 aromatic heterocycles. The van der Waals surface area contributed by atoms with Crippen molar-refractivity contribution in [1.82, 2.24) is 24.3 Å². The van der Waals surface area contributed by atoms with Gasteiger partial charge in [-0.2, -0.15) is 0 Å². The number of benzene rings is 1. The highest BCUT2D eigenvalue weighted by Crippen LogP contribution is 2.24. The lowest BCUT2D eigenvalue weighted by Gasteiger charge is -2.13. The van der Waals surface area contributed by atoms with Gasteiger partial charge in [0, 0.05) is 6.20 Å². The molecule has 0 aliphatic carbocycles. The van der Waals surface area contributed by atoms with Gasteiger partial charge in [0.15, 0.2) is 9.86 Å². The second-order valence-electron chi connectivity index (χ2n) is 6.47. The number of nitrogens with one attached hydrogen (secondary N) is 1. The van der Waals surface area contributed by atoms with E-state index in [1.165, 1.54) is 33.9 Å². The van der Waals surface area contributed by atoms with Crippen LogP contribution in [0.2, 0.25) is 0 Å². The van der Waals surface area contributed by atoms with E-state index in [9.17, 15) is 14.4 Å². The van der Waals surface area contributed by atoms with Gasteiger partial charge in [-0.3, -0.25) is 24.0 Å². The first kappa shape index (κ1) is 20.9. The Labute approximate surface area is 184 Å². The smallest absolute Gasteiger partial charge is 0.299 e. The molecule has 0 atom stereocenters. The molecular weight excluding hydrogens is 436 g/mol. The summed E-state index contributed by atoms with van der Waals surface area (Å²) in [6.07, 6.45) is 1.49. The van der Waals surface area contributed by atoms with E-state index < -0.39 is 17.2 Å². The lowest BCUT2D eigenvalue weighted by atomic mass is 10.2. The number of carbonyl (C=O) groups is 1. The van der Waals surface area contributed by atoms with Crippen LogP contribution < -0.4 is 16.6 Å². The largest absolute Gasteiger partial charge is 0.332 e. The van der Waals surface area contributed by atoms with Crippen LogP contribution >= 0.6 is 23.1 Å². The Bertz CT molecular complexity index is 1350. The van der Waals surface area contributed by atoms with Gasteiger partial charge in [0.1, 0.15) is 6.54 Å². The number of pyridine rings is 1. The van der Waals surface area contributed by atoms with Crippen LogP contribution in [0.3, 0.4) is 0 Å². The summed E-state index contributed by atoms with van der Waals surface area (Å²) in [5.41, 5.74) is 0.151. The highest BCUT2D eigenvalue weighted by Gasteiger charge is 2.17. The number of aromatic nitrogens is 5. The van der Waals surface area contributed by atoms with Crippen molar-refractivity contribution >= 4 is 45.2 Å². The highest BCUT2D eigenvalue weighted by molar-refractivity contribution is 8.01. The molecule has 158 valence electrons. The third-order valence-electron chi connectivity index (χ3n) is 4.39. The van der Waals surface area contributed by atoms with E-state index in [0.717, 1.165) is 20.2 Å². The van der Waals surface area contributed by atoms with Crippen LogP contribution in [0.5, 0.6) is 0 Å². The maximum Gasteiger partial charge on any atom is 0.332 e. The third kappa shape index (κ3) is 4.57. The number of anilines is 1. The molecule has 0 saturated carbocycles. The number of hydrogen-bond acceptors (Lipinski definition) is 8. The summed E-state index contributed by atoms with van der Waals surface area (Å²) < 4.78 is 3.10. The summed E-state index contributed by atoms with van der Waals surface area (Å²) in [6.45, 7) is 1.80. The molecule has 0 aliphatic heterocycles. The molecule has 0 bridgehead atoms. The lowest BCUT2D eigenvalue weighted by molar-refractivity contribution is -0.116. The molecule has 0 fully saturated rings. The fourth-order valence-corrected chi connectivity index (χ4v) is 4.71. The molecule has 1 amide bonds. The molecule has 0 spiro atoms. The molecule has 3 heterocycles. The van der Waals surface area contributed by atoms with E-state index in [1.807, 2.05) is 37.3 Å². The van der Waals surface area contributed by atoms with Crippen molar-refractivity contribution in [3.63, 3.8) is 0 Å². The van der Waals surface area contributed by atoms with Crippen molar-refractivity contribution in [1.29, 1.82) is 0 Å². The van der Waals surface area contributed by atoms with Crippen molar-refractivity contribution in [2.75, 3.05) is 11.1 Å². The van der Waals surface area contributed by atoms with Crippen molar-refractivity contribution in [2.45, 2.75) is 24.4 Å². The van der Waals surface area contributed by atoms with Crippen molar-refractivity contribution in [2.24, 2.45) is 0 Å². The van der Waals surface area contributed by atoms with Crippen LogP contribution in [0.25, 0.3) is 11.0 Å². The van der Waals surface area contributed by atoms with E-state index in [0.29, 0.717) is 10.6 Å². The molecule has 0 saturated heterocycles. The van der Waals surface area contributed by atoms with Gasteiger partial charge < -0.3 is 0 Å². The number of hydrogen-bond donors (Lipinski definition) is 1. The Morgan fingerprint density at radius 2 is 1.90 bits per heavy atom. The van der Waals surface area contributed by atoms with Crippen LogP contribution in [0.4, 0.5) is 5.13 Å². The van der Waals surface area contributed by atoms with Crippen molar-refractivity contribution in [3.05, 3.63) is 75.1 Å². The van der Waals surface area contributed by atoms with E-state index in [4.69, 9.17) is 0 Å². The van der Waals surface area contributed by atoms with Gasteiger partial charge in [0.2, 0.25) is 11.0 Å². The zero-order valence-corrected chi connectivity index (χ0v) is 18.2. The Balaban J connectivity index is 1.69. The Kier molecular flexibility index (Phi) is 6.23. The molecule has 4 aromatic rings. The molecule has 0 aliphatic rings. The standard InChI is InChI=1S/C20H18N6O3S2/c1-2-30-19-24-23-18(31-19)22-15(27)12-25-14-9-6-10-21-16(14)17(28)26(20(25)29)11-13-7-4-3-5-8-13/h3-10H,2,11-12H2,1H3,(H,22,23,27). The normalized spacial score (nSPS) is 11.0. The molecule has 31 heavy (non-hydrogen) atoms. The van der Waals surface area contributed by atoms with E-state index in [1.54, 1.807) is 12.1 Å². The fraction of sp³-hybridized carbons (Fsp3) is 0.200. The van der Waals surface area contributed by atoms with Gasteiger partial charge >= 0.3 is 5.69 Å². The molecule has 0 radical (unpaired) electrons. The first-order valence-electron chi connectivity index (χ1n) is 9.45. The molecule has 4 rings (SSSR count). The number of carbonyl (C=O) groups excluding carboxylic acids is 1. The summed E-state index contributed by atoms with van der Waals surface area (Å²) in [6, 6.07) is 12.4.